The molecule has 1 N–H and O–H groups in total. The first-order valence-electron chi connectivity index (χ1n) is 7.72. The average Bonchev–Trinajstić information content (AvgIpc) is 2.58. The highest BCUT2D eigenvalue weighted by Crippen LogP contribution is 2.29. The number of aryl methyl sites for hydroxylation is 2. The van der Waals surface area contributed by atoms with Crippen molar-refractivity contribution in [3.63, 3.8) is 0 Å². The second-order valence-electron chi connectivity index (χ2n) is 5.76. The molecule has 3 aromatic rings. The summed E-state index contributed by atoms with van der Waals surface area (Å²) < 4.78 is 28.2. The molecule has 0 heterocycles. The normalized spacial score (nSPS) is 11.2. The molecule has 3 nitrogen and oxygen atoms in total. The van der Waals surface area contributed by atoms with Crippen LogP contribution in [0, 0.1) is 13.8 Å². The molecular weight excluding hydrogens is 318 g/mol. The molecule has 0 aromatic heterocycles. The Balaban J connectivity index is 2.01. The van der Waals surface area contributed by atoms with Crippen LogP contribution in [0.15, 0.2) is 77.7 Å². The maximum Gasteiger partial charge on any atom is 0.261 e. The summed E-state index contributed by atoms with van der Waals surface area (Å²) in [6.45, 7) is 3.87. The number of rotatable bonds is 4. The number of para-hydroxylation sites is 1. The zero-order valence-corrected chi connectivity index (χ0v) is 14.5. The molecule has 0 unspecified atom stereocenters. The minimum atomic E-state index is -3.63. The molecular formula is C20H19NO2S. The molecule has 24 heavy (non-hydrogen) atoms. The lowest BCUT2D eigenvalue weighted by Gasteiger charge is -2.13. The summed E-state index contributed by atoms with van der Waals surface area (Å²) in [7, 11) is -3.63. The van der Waals surface area contributed by atoms with Gasteiger partial charge in [0.25, 0.3) is 10.0 Å². The lowest BCUT2D eigenvalue weighted by Crippen LogP contribution is -2.14. The smallest absolute Gasteiger partial charge is 0.261 e. The summed E-state index contributed by atoms with van der Waals surface area (Å²) in [6.07, 6.45) is 0. The summed E-state index contributed by atoms with van der Waals surface area (Å²) in [5.41, 5.74) is 4.41. The first-order chi connectivity index (χ1) is 11.5. The van der Waals surface area contributed by atoms with Crippen LogP contribution in [0.4, 0.5) is 5.69 Å². The molecule has 0 fully saturated rings. The van der Waals surface area contributed by atoms with Gasteiger partial charge in [-0.15, -0.1) is 0 Å². The van der Waals surface area contributed by atoms with Gasteiger partial charge in [0.15, 0.2) is 0 Å². The molecule has 0 spiro atoms. The zero-order chi connectivity index (χ0) is 17.2. The Labute approximate surface area is 143 Å². The molecule has 0 radical (unpaired) electrons. The lowest BCUT2D eigenvalue weighted by atomic mass is 10.0. The fourth-order valence-electron chi connectivity index (χ4n) is 2.53. The van der Waals surface area contributed by atoms with Gasteiger partial charge in [0.2, 0.25) is 0 Å². The molecule has 0 atom stereocenters. The van der Waals surface area contributed by atoms with E-state index in [1.165, 1.54) is 0 Å². The van der Waals surface area contributed by atoms with Crippen LogP contribution in [0.3, 0.4) is 0 Å². The molecule has 0 aliphatic rings. The second kappa shape index (κ2) is 6.49. The quantitative estimate of drug-likeness (QED) is 0.745. The van der Waals surface area contributed by atoms with Gasteiger partial charge in [0, 0.05) is 5.56 Å². The van der Waals surface area contributed by atoms with Crippen LogP contribution in [0.25, 0.3) is 11.1 Å². The minimum Gasteiger partial charge on any atom is -0.279 e. The number of hydrogen-bond acceptors (Lipinski definition) is 2. The van der Waals surface area contributed by atoms with Crippen molar-refractivity contribution in [2.75, 3.05) is 4.72 Å². The van der Waals surface area contributed by atoms with Gasteiger partial charge in [-0.1, -0.05) is 54.6 Å². The molecule has 0 saturated carbocycles. The van der Waals surface area contributed by atoms with Crippen molar-refractivity contribution in [3.05, 3.63) is 83.9 Å². The Morgan fingerprint density at radius 1 is 0.750 bits per heavy atom. The molecule has 3 aromatic carbocycles. The summed E-state index contributed by atoms with van der Waals surface area (Å²) in [4.78, 5) is 0.272. The number of benzene rings is 3. The maximum absolute atomic E-state index is 12.7. The maximum atomic E-state index is 12.7. The van der Waals surface area contributed by atoms with Crippen LogP contribution in [-0.4, -0.2) is 8.42 Å². The molecule has 3 rings (SSSR count). The number of hydrogen-bond donors (Lipinski definition) is 1. The summed E-state index contributed by atoms with van der Waals surface area (Å²) in [5, 5.41) is 0. The van der Waals surface area contributed by atoms with E-state index in [1.807, 2.05) is 68.4 Å². The number of sulfonamides is 1. The predicted molar refractivity (Wildman–Crippen MR) is 98.6 cm³/mol. The monoisotopic (exact) mass is 337 g/mol. The first kappa shape index (κ1) is 16.3. The third kappa shape index (κ3) is 3.34. The van der Waals surface area contributed by atoms with Crippen LogP contribution >= 0.6 is 0 Å². The van der Waals surface area contributed by atoms with E-state index in [4.69, 9.17) is 0 Å². The van der Waals surface area contributed by atoms with Crippen molar-refractivity contribution in [1.82, 2.24) is 0 Å². The minimum absolute atomic E-state index is 0.272. The summed E-state index contributed by atoms with van der Waals surface area (Å²) >= 11 is 0. The molecule has 122 valence electrons. The van der Waals surface area contributed by atoms with Crippen molar-refractivity contribution in [2.45, 2.75) is 18.7 Å². The van der Waals surface area contributed by atoms with Crippen molar-refractivity contribution in [1.29, 1.82) is 0 Å². The summed E-state index contributed by atoms with van der Waals surface area (Å²) in [6, 6.07) is 22.3. The van der Waals surface area contributed by atoms with Crippen LogP contribution in [0.5, 0.6) is 0 Å². The van der Waals surface area contributed by atoms with Gasteiger partial charge in [-0.3, -0.25) is 4.72 Å². The van der Waals surface area contributed by atoms with Crippen molar-refractivity contribution < 1.29 is 8.42 Å². The van der Waals surface area contributed by atoms with Crippen LogP contribution in [-0.2, 0) is 10.0 Å². The standard InChI is InChI=1S/C20H19NO2S/c1-15-12-13-18(14-16(15)2)24(22,23)21-20-11-7-6-10-19(20)17-8-4-3-5-9-17/h3-14,21H,1-2H3. The van der Waals surface area contributed by atoms with E-state index in [1.54, 1.807) is 18.2 Å². The largest absolute Gasteiger partial charge is 0.279 e. The van der Waals surface area contributed by atoms with Gasteiger partial charge in [0.1, 0.15) is 0 Å². The second-order valence-corrected chi connectivity index (χ2v) is 7.45. The third-order valence-electron chi connectivity index (χ3n) is 4.04. The van der Waals surface area contributed by atoms with Gasteiger partial charge >= 0.3 is 0 Å². The summed E-state index contributed by atoms with van der Waals surface area (Å²) in [5.74, 6) is 0. The molecule has 0 amide bonds. The first-order valence-corrected chi connectivity index (χ1v) is 9.20. The van der Waals surface area contributed by atoms with E-state index in [0.717, 1.165) is 22.3 Å². The lowest BCUT2D eigenvalue weighted by molar-refractivity contribution is 0.601. The van der Waals surface area contributed by atoms with Gasteiger partial charge in [-0.25, -0.2) is 8.42 Å². The third-order valence-corrected chi connectivity index (χ3v) is 5.41. The van der Waals surface area contributed by atoms with Crippen LogP contribution in [0.2, 0.25) is 0 Å². The van der Waals surface area contributed by atoms with Crippen LogP contribution < -0.4 is 4.72 Å². The van der Waals surface area contributed by atoms with E-state index in [-0.39, 0.29) is 4.90 Å². The van der Waals surface area contributed by atoms with E-state index in [2.05, 4.69) is 4.72 Å². The molecule has 0 bridgehead atoms. The highest BCUT2D eigenvalue weighted by molar-refractivity contribution is 7.92. The Kier molecular flexibility index (Phi) is 4.40. The Morgan fingerprint density at radius 2 is 1.42 bits per heavy atom. The SMILES string of the molecule is Cc1ccc(S(=O)(=O)Nc2ccccc2-c2ccccc2)cc1C. The van der Waals surface area contributed by atoms with Gasteiger partial charge in [-0.05, 0) is 48.7 Å². The van der Waals surface area contributed by atoms with E-state index < -0.39 is 10.0 Å². The number of anilines is 1. The van der Waals surface area contributed by atoms with Crippen molar-refractivity contribution >= 4 is 15.7 Å². The van der Waals surface area contributed by atoms with Crippen LogP contribution in [0.1, 0.15) is 11.1 Å². The average molecular weight is 337 g/mol. The van der Waals surface area contributed by atoms with Crippen molar-refractivity contribution in [2.24, 2.45) is 0 Å². The van der Waals surface area contributed by atoms with E-state index >= 15 is 0 Å². The highest BCUT2D eigenvalue weighted by Gasteiger charge is 2.17. The Hall–Kier alpha value is -2.59. The van der Waals surface area contributed by atoms with Gasteiger partial charge < -0.3 is 0 Å². The van der Waals surface area contributed by atoms with Gasteiger partial charge in [-0.2, -0.15) is 0 Å². The Morgan fingerprint density at radius 3 is 2.12 bits per heavy atom. The Bertz CT molecular complexity index is 964. The zero-order valence-electron chi connectivity index (χ0n) is 13.7. The molecule has 0 aliphatic carbocycles. The topological polar surface area (TPSA) is 46.2 Å². The number of nitrogens with one attached hydrogen (secondary N) is 1. The van der Waals surface area contributed by atoms with E-state index in [0.29, 0.717) is 5.69 Å². The molecule has 0 saturated heterocycles. The fraction of sp³-hybridized carbons (Fsp3) is 0.100. The van der Waals surface area contributed by atoms with Gasteiger partial charge in [0.05, 0.1) is 10.6 Å². The molecule has 4 heteroatoms. The highest BCUT2D eigenvalue weighted by atomic mass is 32.2. The predicted octanol–water partition coefficient (Wildman–Crippen LogP) is 4.77. The fourth-order valence-corrected chi connectivity index (χ4v) is 3.69. The molecule has 0 aliphatic heterocycles. The van der Waals surface area contributed by atoms with E-state index in [9.17, 15) is 8.42 Å². The van der Waals surface area contributed by atoms with Crippen molar-refractivity contribution in [3.8, 4) is 11.1 Å².